The van der Waals surface area contributed by atoms with Crippen molar-refractivity contribution in [2.24, 2.45) is 5.41 Å². The van der Waals surface area contributed by atoms with Gasteiger partial charge in [-0.15, -0.1) is 0 Å². The van der Waals surface area contributed by atoms with Crippen LogP contribution in [-0.4, -0.2) is 38.2 Å². The van der Waals surface area contributed by atoms with E-state index in [1.165, 1.54) is 15.5 Å². The topological polar surface area (TPSA) is 90.3 Å². The van der Waals surface area contributed by atoms with Crippen LogP contribution in [0, 0.1) is 12.3 Å². The van der Waals surface area contributed by atoms with Gasteiger partial charge in [0.2, 0.25) is 0 Å². The van der Waals surface area contributed by atoms with E-state index in [0.717, 1.165) is 17.5 Å². The van der Waals surface area contributed by atoms with Crippen LogP contribution in [0.1, 0.15) is 33.9 Å². The van der Waals surface area contributed by atoms with E-state index in [4.69, 9.17) is 4.42 Å². The molecule has 1 aromatic carbocycles. The highest BCUT2D eigenvalue weighted by molar-refractivity contribution is 5.91. The SMILES string of the molecule is Cc1ccc(Cn2nc3n(c(=O)c2=O)C[C@]2(CCN(C(=O)c4ccco4)C2)C3)cc1. The third kappa shape index (κ3) is 3.08. The third-order valence-electron chi connectivity index (χ3n) is 6.15. The zero-order valence-electron chi connectivity index (χ0n) is 16.7. The zero-order chi connectivity index (χ0) is 20.9. The number of hydrogen-bond acceptors (Lipinski definition) is 5. The number of aromatic nitrogens is 3. The van der Waals surface area contributed by atoms with Crippen LogP contribution in [0.3, 0.4) is 0 Å². The van der Waals surface area contributed by atoms with Gasteiger partial charge in [0.1, 0.15) is 5.82 Å². The molecule has 1 atom stereocenters. The van der Waals surface area contributed by atoms with E-state index in [9.17, 15) is 14.4 Å². The lowest BCUT2D eigenvalue weighted by molar-refractivity contribution is 0.0740. The predicted octanol–water partition coefficient (Wildman–Crippen LogP) is 1.44. The lowest BCUT2D eigenvalue weighted by Crippen LogP contribution is -2.43. The fourth-order valence-corrected chi connectivity index (χ4v) is 4.51. The molecule has 4 heterocycles. The average molecular weight is 406 g/mol. The van der Waals surface area contributed by atoms with Gasteiger partial charge >= 0.3 is 11.1 Å². The average Bonchev–Trinajstić information content (AvgIpc) is 3.48. The predicted molar refractivity (Wildman–Crippen MR) is 108 cm³/mol. The smallest absolute Gasteiger partial charge is 0.332 e. The molecule has 154 valence electrons. The first-order valence-corrected chi connectivity index (χ1v) is 10.0. The summed E-state index contributed by atoms with van der Waals surface area (Å²) in [5, 5.41) is 4.52. The van der Waals surface area contributed by atoms with E-state index in [-0.39, 0.29) is 17.9 Å². The van der Waals surface area contributed by atoms with E-state index in [1.54, 1.807) is 17.0 Å². The Morgan fingerprint density at radius 2 is 1.93 bits per heavy atom. The number of furan rings is 1. The summed E-state index contributed by atoms with van der Waals surface area (Å²) in [6.07, 6.45) is 2.81. The summed E-state index contributed by atoms with van der Waals surface area (Å²) in [7, 11) is 0. The molecule has 5 rings (SSSR count). The Kier molecular flexibility index (Phi) is 4.23. The number of rotatable bonds is 3. The molecule has 1 amide bonds. The molecule has 3 aromatic rings. The van der Waals surface area contributed by atoms with Crippen molar-refractivity contribution >= 4 is 5.91 Å². The molecule has 2 aliphatic heterocycles. The molecule has 2 aromatic heterocycles. The summed E-state index contributed by atoms with van der Waals surface area (Å²) in [6, 6.07) is 11.2. The van der Waals surface area contributed by atoms with Crippen LogP contribution in [0.2, 0.25) is 0 Å². The molecule has 2 aliphatic rings. The van der Waals surface area contributed by atoms with Crippen LogP contribution in [0.25, 0.3) is 0 Å². The van der Waals surface area contributed by atoms with Gasteiger partial charge in [0.05, 0.1) is 12.8 Å². The maximum atomic E-state index is 12.8. The van der Waals surface area contributed by atoms with Crippen molar-refractivity contribution in [2.75, 3.05) is 13.1 Å². The Labute approximate surface area is 172 Å². The molecule has 8 heteroatoms. The highest BCUT2D eigenvalue weighted by Crippen LogP contribution is 2.39. The quantitative estimate of drug-likeness (QED) is 0.614. The second kappa shape index (κ2) is 6.83. The highest BCUT2D eigenvalue weighted by Gasteiger charge is 2.46. The minimum absolute atomic E-state index is 0.146. The van der Waals surface area contributed by atoms with Gasteiger partial charge in [-0.3, -0.25) is 19.0 Å². The molecular formula is C22H22N4O4. The second-order valence-corrected chi connectivity index (χ2v) is 8.39. The lowest BCUT2D eigenvalue weighted by atomic mass is 9.86. The normalized spacial score (nSPS) is 20.1. The minimum Gasteiger partial charge on any atom is -0.459 e. The number of likely N-dealkylation sites (tertiary alicyclic amines) is 1. The number of carbonyl (C=O) groups excluding carboxylic acids is 1. The van der Waals surface area contributed by atoms with Crippen molar-refractivity contribution in [3.63, 3.8) is 0 Å². The number of amides is 1. The molecule has 0 bridgehead atoms. The van der Waals surface area contributed by atoms with E-state index >= 15 is 0 Å². The van der Waals surface area contributed by atoms with Crippen LogP contribution < -0.4 is 11.1 Å². The van der Waals surface area contributed by atoms with Crippen LogP contribution in [0.5, 0.6) is 0 Å². The Morgan fingerprint density at radius 3 is 2.67 bits per heavy atom. The number of nitrogens with zero attached hydrogens (tertiary/aromatic N) is 4. The molecule has 0 saturated carbocycles. The molecule has 8 nitrogen and oxygen atoms in total. The fraction of sp³-hybridized carbons (Fsp3) is 0.364. The monoisotopic (exact) mass is 406 g/mol. The lowest BCUT2D eigenvalue weighted by Gasteiger charge is -2.22. The fourth-order valence-electron chi connectivity index (χ4n) is 4.51. The van der Waals surface area contributed by atoms with Crippen molar-refractivity contribution in [1.82, 2.24) is 19.2 Å². The van der Waals surface area contributed by atoms with Crippen molar-refractivity contribution in [3.05, 3.63) is 86.1 Å². The first-order chi connectivity index (χ1) is 14.4. The van der Waals surface area contributed by atoms with Gasteiger partial charge in [-0.05, 0) is 31.0 Å². The second-order valence-electron chi connectivity index (χ2n) is 8.39. The summed E-state index contributed by atoms with van der Waals surface area (Å²) in [5.74, 6) is 0.779. The first-order valence-electron chi connectivity index (χ1n) is 10.0. The summed E-state index contributed by atoms with van der Waals surface area (Å²) in [6.45, 7) is 3.78. The van der Waals surface area contributed by atoms with Gasteiger partial charge in [-0.25, -0.2) is 4.68 Å². The molecular weight excluding hydrogens is 384 g/mol. The molecule has 1 saturated heterocycles. The molecule has 0 radical (unpaired) electrons. The van der Waals surface area contributed by atoms with Gasteiger partial charge in [0, 0.05) is 31.5 Å². The van der Waals surface area contributed by atoms with E-state index in [0.29, 0.717) is 37.6 Å². The van der Waals surface area contributed by atoms with Gasteiger partial charge in [0.25, 0.3) is 5.91 Å². The maximum Gasteiger partial charge on any atom is 0.332 e. The number of aryl methyl sites for hydroxylation is 1. The Balaban J connectivity index is 1.40. The van der Waals surface area contributed by atoms with E-state index in [1.807, 2.05) is 31.2 Å². The van der Waals surface area contributed by atoms with Crippen LogP contribution >= 0.6 is 0 Å². The van der Waals surface area contributed by atoms with Gasteiger partial charge in [-0.1, -0.05) is 29.8 Å². The standard InChI is InChI=1S/C22H22N4O4/c1-15-4-6-16(7-5-15)12-26-21(29)20(28)25-14-22(11-18(25)23-26)8-9-24(13-22)19(27)17-3-2-10-30-17/h2-7,10H,8-9,11-14H2,1H3/t22-/m1/s1. The van der Waals surface area contributed by atoms with Gasteiger partial charge in [-0.2, -0.15) is 5.10 Å². The molecule has 0 aliphatic carbocycles. The van der Waals surface area contributed by atoms with Crippen molar-refractivity contribution in [2.45, 2.75) is 32.9 Å². The number of benzene rings is 1. The minimum atomic E-state index is -0.613. The first kappa shape index (κ1) is 18.6. The molecule has 0 unspecified atom stereocenters. The van der Waals surface area contributed by atoms with Crippen molar-refractivity contribution < 1.29 is 9.21 Å². The summed E-state index contributed by atoms with van der Waals surface area (Å²) in [5.41, 5.74) is 0.627. The maximum absolute atomic E-state index is 12.8. The summed E-state index contributed by atoms with van der Waals surface area (Å²) < 4.78 is 7.99. The third-order valence-corrected chi connectivity index (χ3v) is 6.15. The van der Waals surface area contributed by atoms with E-state index < -0.39 is 11.1 Å². The Morgan fingerprint density at radius 1 is 1.13 bits per heavy atom. The summed E-state index contributed by atoms with van der Waals surface area (Å²) in [4.78, 5) is 39.8. The van der Waals surface area contributed by atoms with Gasteiger partial charge in [0.15, 0.2) is 5.76 Å². The highest BCUT2D eigenvalue weighted by atomic mass is 16.3. The number of carbonyl (C=O) groups is 1. The van der Waals surface area contributed by atoms with Crippen LogP contribution in [-0.2, 0) is 19.5 Å². The number of fused-ring (bicyclic) bond motifs is 1. The largest absolute Gasteiger partial charge is 0.459 e. The zero-order valence-corrected chi connectivity index (χ0v) is 16.7. The molecule has 0 N–H and O–H groups in total. The van der Waals surface area contributed by atoms with Crippen molar-refractivity contribution in [3.8, 4) is 0 Å². The van der Waals surface area contributed by atoms with Crippen molar-refractivity contribution in [1.29, 1.82) is 0 Å². The molecule has 30 heavy (non-hydrogen) atoms. The Bertz CT molecular complexity index is 1220. The molecule has 1 spiro atoms. The Hall–Kier alpha value is -3.42. The van der Waals surface area contributed by atoms with Crippen LogP contribution in [0.15, 0.2) is 56.7 Å². The molecule has 1 fully saturated rings. The van der Waals surface area contributed by atoms with Crippen LogP contribution in [0.4, 0.5) is 0 Å². The summed E-state index contributed by atoms with van der Waals surface area (Å²) >= 11 is 0. The van der Waals surface area contributed by atoms with E-state index in [2.05, 4.69) is 5.10 Å². The number of hydrogen-bond donors (Lipinski definition) is 0. The van der Waals surface area contributed by atoms with Gasteiger partial charge < -0.3 is 9.32 Å².